The third-order valence-corrected chi connectivity index (χ3v) is 2.87. The minimum absolute atomic E-state index is 0.0556. The van der Waals surface area contributed by atoms with Crippen LogP contribution in [0.3, 0.4) is 0 Å². The molecule has 0 radical (unpaired) electrons. The Labute approximate surface area is 116 Å². The fourth-order valence-electron chi connectivity index (χ4n) is 1.33. The van der Waals surface area contributed by atoms with Gasteiger partial charge >= 0.3 is 0 Å². The van der Waals surface area contributed by atoms with Crippen molar-refractivity contribution in [2.24, 2.45) is 0 Å². The number of pyridine rings is 1. The van der Waals surface area contributed by atoms with E-state index in [2.05, 4.69) is 26.2 Å². The quantitative estimate of drug-likeness (QED) is 0.908. The van der Waals surface area contributed by atoms with Crippen LogP contribution < -0.4 is 5.32 Å². The largest absolute Gasteiger partial charge is 0.306 e. The molecule has 0 saturated carbocycles. The van der Waals surface area contributed by atoms with Gasteiger partial charge in [-0.05, 0) is 30.3 Å². The Morgan fingerprint density at radius 3 is 2.78 bits per heavy atom. The predicted molar refractivity (Wildman–Crippen MR) is 71.3 cm³/mol. The molecule has 0 spiro atoms. The lowest BCUT2D eigenvalue weighted by molar-refractivity contribution is 0.102. The molecule has 6 heteroatoms. The zero-order valence-corrected chi connectivity index (χ0v) is 11.3. The first-order chi connectivity index (χ1) is 8.56. The number of aromatic nitrogens is 1. The lowest BCUT2D eigenvalue weighted by Gasteiger charge is -2.05. The van der Waals surface area contributed by atoms with Gasteiger partial charge in [-0.15, -0.1) is 0 Å². The minimum Gasteiger partial charge on any atom is -0.306 e. The first kappa shape index (κ1) is 13.0. The standard InChI is InChI=1S/C12H7BrClFN2O/c13-7-1-2-9(10(15)5-7)12(18)17-11-6-8(14)3-4-16-11/h1-6H,(H,16,17,18). The van der Waals surface area contributed by atoms with E-state index in [0.717, 1.165) is 0 Å². The molecular formula is C12H7BrClFN2O. The van der Waals surface area contributed by atoms with E-state index in [1.165, 1.54) is 24.4 Å². The zero-order chi connectivity index (χ0) is 13.1. The van der Waals surface area contributed by atoms with E-state index in [9.17, 15) is 9.18 Å². The fourth-order valence-corrected chi connectivity index (χ4v) is 1.82. The van der Waals surface area contributed by atoms with Gasteiger partial charge in [0.1, 0.15) is 11.6 Å². The van der Waals surface area contributed by atoms with Gasteiger partial charge < -0.3 is 5.32 Å². The van der Waals surface area contributed by atoms with E-state index < -0.39 is 11.7 Å². The first-order valence-electron chi connectivity index (χ1n) is 4.94. The maximum absolute atomic E-state index is 13.5. The Balaban J connectivity index is 2.22. The summed E-state index contributed by atoms with van der Waals surface area (Å²) in [6, 6.07) is 7.26. The topological polar surface area (TPSA) is 42.0 Å². The molecule has 1 aromatic heterocycles. The van der Waals surface area contributed by atoms with Crippen molar-refractivity contribution in [3.63, 3.8) is 0 Å². The zero-order valence-electron chi connectivity index (χ0n) is 8.95. The molecule has 2 aromatic rings. The summed E-state index contributed by atoms with van der Waals surface area (Å²) >= 11 is 8.88. The van der Waals surface area contributed by atoms with Gasteiger partial charge in [-0.3, -0.25) is 4.79 Å². The molecule has 0 unspecified atom stereocenters. The maximum atomic E-state index is 13.5. The molecule has 92 valence electrons. The molecular weight excluding hydrogens is 322 g/mol. The molecule has 0 aliphatic carbocycles. The van der Waals surface area contributed by atoms with Gasteiger partial charge in [0.25, 0.3) is 5.91 Å². The van der Waals surface area contributed by atoms with Crippen LogP contribution in [0.4, 0.5) is 10.2 Å². The van der Waals surface area contributed by atoms with Gasteiger partial charge in [0.05, 0.1) is 5.56 Å². The van der Waals surface area contributed by atoms with Gasteiger partial charge in [0, 0.05) is 15.7 Å². The number of halogens is 3. The third-order valence-electron chi connectivity index (χ3n) is 2.14. The van der Waals surface area contributed by atoms with Crippen LogP contribution in [0, 0.1) is 5.82 Å². The number of anilines is 1. The van der Waals surface area contributed by atoms with E-state index in [0.29, 0.717) is 9.50 Å². The number of carbonyl (C=O) groups excluding carboxylic acids is 1. The Kier molecular flexibility index (Phi) is 3.93. The summed E-state index contributed by atoms with van der Waals surface area (Å²) in [6.45, 7) is 0. The van der Waals surface area contributed by atoms with Gasteiger partial charge in [-0.1, -0.05) is 27.5 Å². The van der Waals surface area contributed by atoms with Crippen LogP contribution in [0.5, 0.6) is 0 Å². The van der Waals surface area contributed by atoms with Crippen LogP contribution in [-0.2, 0) is 0 Å². The van der Waals surface area contributed by atoms with E-state index in [-0.39, 0.29) is 11.4 Å². The lowest BCUT2D eigenvalue weighted by Crippen LogP contribution is -2.14. The van der Waals surface area contributed by atoms with Gasteiger partial charge in [0.15, 0.2) is 0 Å². The molecule has 1 amide bonds. The SMILES string of the molecule is O=C(Nc1cc(Cl)ccn1)c1ccc(Br)cc1F. The van der Waals surface area contributed by atoms with Crippen LogP contribution in [0.2, 0.25) is 5.02 Å². The van der Waals surface area contributed by atoms with Crippen LogP contribution in [0.1, 0.15) is 10.4 Å². The molecule has 0 bridgehead atoms. The van der Waals surface area contributed by atoms with Crippen molar-refractivity contribution >= 4 is 39.3 Å². The first-order valence-corrected chi connectivity index (χ1v) is 6.11. The summed E-state index contributed by atoms with van der Waals surface area (Å²) in [5, 5.41) is 2.91. The molecule has 0 atom stereocenters. The van der Waals surface area contributed by atoms with Gasteiger partial charge in [0.2, 0.25) is 0 Å². The van der Waals surface area contributed by atoms with Crippen LogP contribution >= 0.6 is 27.5 Å². The summed E-state index contributed by atoms with van der Waals surface area (Å²) in [5.41, 5.74) is -0.0556. The Hall–Kier alpha value is -1.46. The molecule has 3 nitrogen and oxygen atoms in total. The number of amides is 1. The highest BCUT2D eigenvalue weighted by atomic mass is 79.9. The van der Waals surface area contributed by atoms with E-state index in [1.54, 1.807) is 12.1 Å². The minimum atomic E-state index is -0.607. The van der Waals surface area contributed by atoms with Crippen LogP contribution in [0.15, 0.2) is 41.0 Å². The van der Waals surface area contributed by atoms with Crippen molar-refractivity contribution in [2.45, 2.75) is 0 Å². The summed E-state index contributed by atoms with van der Waals surface area (Å²) in [4.78, 5) is 15.7. The highest BCUT2D eigenvalue weighted by Crippen LogP contribution is 2.17. The fraction of sp³-hybridized carbons (Fsp3) is 0. The van der Waals surface area contributed by atoms with Gasteiger partial charge in [-0.2, -0.15) is 0 Å². The third kappa shape index (κ3) is 3.05. The van der Waals surface area contributed by atoms with Crippen molar-refractivity contribution in [3.05, 3.63) is 57.4 Å². The molecule has 0 aliphatic heterocycles. The number of hydrogen-bond acceptors (Lipinski definition) is 2. The van der Waals surface area contributed by atoms with E-state index in [1.807, 2.05) is 0 Å². The number of benzene rings is 1. The molecule has 1 aromatic carbocycles. The van der Waals surface area contributed by atoms with Gasteiger partial charge in [-0.25, -0.2) is 9.37 Å². The van der Waals surface area contributed by atoms with E-state index >= 15 is 0 Å². The number of rotatable bonds is 2. The van der Waals surface area contributed by atoms with Crippen molar-refractivity contribution in [3.8, 4) is 0 Å². The van der Waals surface area contributed by atoms with Crippen LogP contribution in [-0.4, -0.2) is 10.9 Å². The highest BCUT2D eigenvalue weighted by Gasteiger charge is 2.12. The summed E-state index contributed by atoms with van der Waals surface area (Å²) in [6.07, 6.45) is 1.45. The van der Waals surface area contributed by atoms with Crippen molar-refractivity contribution < 1.29 is 9.18 Å². The summed E-state index contributed by atoms with van der Waals surface area (Å²) < 4.78 is 14.1. The van der Waals surface area contributed by atoms with E-state index in [4.69, 9.17) is 11.6 Å². The Morgan fingerprint density at radius 1 is 1.33 bits per heavy atom. The second-order valence-electron chi connectivity index (χ2n) is 3.44. The second-order valence-corrected chi connectivity index (χ2v) is 4.79. The summed E-state index contributed by atoms with van der Waals surface area (Å²) in [5.74, 6) is -0.909. The number of nitrogens with zero attached hydrogens (tertiary/aromatic N) is 1. The Morgan fingerprint density at radius 2 is 2.11 bits per heavy atom. The smallest absolute Gasteiger partial charge is 0.259 e. The highest BCUT2D eigenvalue weighted by molar-refractivity contribution is 9.10. The molecule has 0 saturated heterocycles. The molecule has 18 heavy (non-hydrogen) atoms. The van der Waals surface area contributed by atoms with Crippen molar-refractivity contribution in [1.82, 2.24) is 4.98 Å². The maximum Gasteiger partial charge on any atom is 0.259 e. The number of hydrogen-bond donors (Lipinski definition) is 1. The number of nitrogens with one attached hydrogen (secondary N) is 1. The molecule has 2 rings (SSSR count). The monoisotopic (exact) mass is 328 g/mol. The lowest BCUT2D eigenvalue weighted by atomic mass is 10.2. The second kappa shape index (κ2) is 5.46. The Bertz CT molecular complexity index is 606. The predicted octanol–water partition coefficient (Wildman–Crippen LogP) is 3.89. The van der Waals surface area contributed by atoms with Crippen LogP contribution in [0.25, 0.3) is 0 Å². The summed E-state index contributed by atoms with van der Waals surface area (Å²) in [7, 11) is 0. The normalized spacial score (nSPS) is 10.2. The average Bonchev–Trinajstić information content (AvgIpc) is 2.28. The van der Waals surface area contributed by atoms with Crippen molar-refractivity contribution in [1.29, 1.82) is 0 Å². The molecule has 0 fully saturated rings. The average molecular weight is 330 g/mol. The molecule has 1 N–H and O–H groups in total. The van der Waals surface area contributed by atoms with Crippen molar-refractivity contribution in [2.75, 3.05) is 5.32 Å². The molecule has 0 aliphatic rings. The molecule has 1 heterocycles. The number of carbonyl (C=O) groups is 1.